The Kier molecular flexibility index (Phi) is 5.66. The minimum absolute atomic E-state index is 0.369. The number of nitrogens with zero attached hydrogens (tertiary/aromatic N) is 4. The van der Waals surface area contributed by atoms with E-state index in [0.29, 0.717) is 22.9 Å². The number of amides is 1. The number of hydrogen-bond donors (Lipinski definition) is 1. The molecule has 11 heteroatoms. The number of carbonyl (C=O) groups excluding carboxylic acids is 1. The number of alkyl halides is 3. The van der Waals surface area contributed by atoms with Gasteiger partial charge in [0.2, 0.25) is 0 Å². The zero-order chi connectivity index (χ0) is 21.0. The highest BCUT2D eigenvalue weighted by molar-refractivity contribution is 5.92. The van der Waals surface area contributed by atoms with E-state index >= 15 is 0 Å². The molecule has 2 aromatic carbocycles. The molecule has 3 aromatic rings. The second-order valence-electron chi connectivity index (χ2n) is 5.86. The van der Waals surface area contributed by atoms with Crippen molar-refractivity contribution >= 4 is 11.6 Å². The monoisotopic (exact) mass is 407 g/mol. The summed E-state index contributed by atoms with van der Waals surface area (Å²) in [6, 6.07) is 9.43. The molecule has 0 fully saturated rings. The molecule has 1 heterocycles. The molecule has 0 radical (unpaired) electrons. The van der Waals surface area contributed by atoms with E-state index in [1.165, 1.54) is 23.9 Å². The largest absolute Gasteiger partial charge is 0.494 e. The Morgan fingerprint density at radius 1 is 1.17 bits per heavy atom. The maximum atomic E-state index is 13.0. The van der Waals surface area contributed by atoms with E-state index in [1.54, 1.807) is 25.1 Å². The normalized spacial score (nSPS) is 11.2. The first kappa shape index (κ1) is 20.1. The standard InChI is InChI=1S/C18H16F3N5O3/c1-11-23-24-25-26(11)14-9-12(7-8-16(14)28-2)22-17(27)10-29-15-6-4-3-5-13(15)18(19,20)21/h3-9H,10H2,1-2H3,(H,22,27). The van der Waals surface area contributed by atoms with Crippen LogP contribution in [0.25, 0.3) is 5.69 Å². The first-order valence-corrected chi connectivity index (χ1v) is 8.32. The number of para-hydroxylation sites is 1. The minimum atomic E-state index is -4.58. The van der Waals surface area contributed by atoms with Crippen molar-refractivity contribution in [1.82, 2.24) is 20.2 Å². The van der Waals surface area contributed by atoms with Crippen LogP contribution in [0.4, 0.5) is 18.9 Å². The van der Waals surface area contributed by atoms with Gasteiger partial charge in [0.1, 0.15) is 17.2 Å². The van der Waals surface area contributed by atoms with Gasteiger partial charge in [0.05, 0.1) is 12.7 Å². The third-order valence-corrected chi connectivity index (χ3v) is 3.87. The Bertz CT molecular complexity index is 1020. The lowest BCUT2D eigenvalue weighted by molar-refractivity contribution is -0.139. The van der Waals surface area contributed by atoms with Crippen LogP contribution in [0.15, 0.2) is 42.5 Å². The van der Waals surface area contributed by atoms with E-state index < -0.39 is 30.0 Å². The number of aromatic nitrogens is 4. The molecular formula is C18H16F3N5O3. The lowest BCUT2D eigenvalue weighted by Gasteiger charge is -2.14. The number of benzene rings is 2. The number of aryl methyl sites for hydroxylation is 1. The van der Waals surface area contributed by atoms with Gasteiger partial charge in [0, 0.05) is 5.69 Å². The van der Waals surface area contributed by atoms with E-state index in [9.17, 15) is 18.0 Å². The number of carbonyl (C=O) groups is 1. The van der Waals surface area contributed by atoms with Crippen molar-refractivity contribution in [3.8, 4) is 17.2 Å². The van der Waals surface area contributed by atoms with Gasteiger partial charge in [-0.25, -0.2) is 0 Å². The van der Waals surface area contributed by atoms with Crippen molar-refractivity contribution in [3.05, 3.63) is 53.9 Å². The summed E-state index contributed by atoms with van der Waals surface area (Å²) in [7, 11) is 1.47. The third kappa shape index (κ3) is 4.62. The molecule has 0 spiro atoms. The van der Waals surface area contributed by atoms with E-state index in [-0.39, 0.29) is 0 Å². The average Bonchev–Trinajstić information content (AvgIpc) is 3.11. The summed E-state index contributed by atoms with van der Waals surface area (Å²) in [4.78, 5) is 12.2. The highest BCUT2D eigenvalue weighted by Gasteiger charge is 2.34. The molecule has 0 bridgehead atoms. The molecule has 1 aromatic heterocycles. The van der Waals surface area contributed by atoms with Crippen molar-refractivity contribution in [1.29, 1.82) is 0 Å². The average molecular weight is 407 g/mol. The first-order chi connectivity index (χ1) is 13.8. The van der Waals surface area contributed by atoms with Crippen LogP contribution < -0.4 is 14.8 Å². The maximum Gasteiger partial charge on any atom is 0.419 e. The predicted molar refractivity (Wildman–Crippen MR) is 96.0 cm³/mol. The summed E-state index contributed by atoms with van der Waals surface area (Å²) < 4.78 is 50.7. The molecule has 152 valence electrons. The smallest absolute Gasteiger partial charge is 0.419 e. The van der Waals surface area contributed by atoms with Gasteiger partial charge in [-0.15, -0.1) is 5.10 Å². The Balaban J connectivity index is 1.73. The van der Waals surface area contributed by atoms with Crippen LogP contribution in [0.2, 0.25) is 0 Å². The van der Waals surface area contributed by atoms with Gasteiger partial charge in [-0.05, 0) is 47.7 Å². The number of nitrogens with one attached hydrogen (secondary N) is 1. The number of halogens is 3. The van der Waals surface area contributed by atoms with Crippen LogP contribution in [0.5, 0.6) is 11.5 Å². The van der Waals surface area contributed by atoms with Crippen LogP contribution in [0.3, 0.4) is 0 Å². The summed E-state index contributed by atoms with van der Waals surface area (Å²) in [5, 5.41) is 13.8. The van der Waals surface area contributed by atoms with Crippen LogP contribution >= 0.6 is 0 Å². The van der Waals surface area contributed by atoms with Gasteiger partial charge in [-0.3, -0.25) is 4.79 Å². The van der Waals surface area contributed by atoms with Crippen molar-refractivity contribution in [2.45, 2.75) is 13.1 Å². The second-order valence-corrected chi connectivity index (χ2v) is 5.86. The number of ether oxygens (including phenoxy) is 2. The van der Waals surface area contributed by atoms with Crippen LogP contribution in [0.1, 0.15) is 11.4 Å². The van der Waals surface area contributed by atoms with Crippen molar-refractivity contribution in [2.24, 2.45) is 0 Å². The highest BCUT2D eigenvalue weighted by Crippen LogP contribution is 2.35. The third-order valence-electron chi connectivity index (χ3n) is 3.87. The maximum absolute atomic E-state index is 13.0. The summed E-state index contributed by atoms with van der Waals surface area (Å²) in [5.74, 6) is -0.0889. The quantitative estimate of drug-likeness (QED) is 0.676. The molecule has 8 nitrogen and oxygen atoms in total. The molecule has 3 rings (SSSR count). The molecule has 29 heavy (non-hydrogen) atoms. The van der Waals surface area contributed by atoms with Gasteiger partial charge in [-0.1, -0.05) is 12.1 Å². The van der Waals surface area contributed by atoms with E-state index in [0.717, 1.165) is 12.1 Å². The fourth-order valence-electron chi connectivity index (χ4n) is 2.55. The SMILES string of the molecule is COc1ccc(NC(=O)COc2ccccc2C(F)(F)F)cc1-n1nnnc1C. The van der Waals surface area contributed by atoms with Gasteiger partial charge >= 0.3 is 6.18 Å². The molecule has 1 amide bonds. The lowest BCUT2D eigenvalue weighted by atomic mass is 10.2. The predicted octanol–water partition coefficient (Wildman–Crippen LogP) is 3.02. The molecule has 1 N–H and O–H groups in total. The number of tetrazole rings is 1. The summed E-state index contributed by atoms with van der Waals surface area (Å²) >= 11 is 0. The molecule has 0 aliphatic carbocycles. The topological polar surface area (TPSA) is 91.2 Å². The molecule has 0 aliphatic heterocycles. The Morgan fingerprint density at radius 3 is 2.59 bits per heavy atom. The Morgan fingerprint density at radius 2 is 1.93 bits per heavy atom. The van der Waals surface area contributed by atoms with E-state index in [1.807, 2.05) is 0 Å². The van der Waals surface area contributed by atoms with Gasteiger partial charge in [0.15, 0.2) is 12.4 Å². The van der Waals surface area contributed by atoms with Crippen LogP contribution in [-0.2, 0) is 11.0 Å². The van der Waals surface area contributed by atoms with Crippen molar-refractivity contribution in [2.75, 3.05) is 19.0 Å². The lowest BCUT2D eigenvalue weighted by Crippen LogP contribution is -2.21. The zero-order valence-electron chi connectivity index (χ0n) is 15.4. The van der Waals surface area contributed by atoms with E-state index in [2.05, 4.69) is 20.8 Å². The first-order valence-electron chi connectivity index (χ1n) is 8.32. The number of rotatable bonds is 6. The van der Waals surface area contributed by atoms with Crippen molar-refractivity contribution < 1.29 is 27.4 Å². The summed E-state index contributed by atoms with van der Waals surface area (Å²) in [6.07, 6.45) is -4.58. The molecule has 0 saturated carbocycles. The molecule has 0 atom stereocenters. The second kappa shape index (κ2) is 8.17. The Hall–Kier alpha value is -3.63. The Labute approximate surface area is 163 Å². The number of hydrogen-bond acceptors (Lipinski definition) is 6. The fourth-order valence-corrected chi connectivity index (χ4v) is 2.55. The molecular weight excluding hydrogens is 391 g/mol. The highest BCUT2D eigenvalue weighted by atomic mass is 19.4. The summed E-state index contributed by atoms with van der Waals surface area (Å²) in [6.45, 7) is 1.09. The van der Waals surface area contributed by atoms with Gasteiger partial charge in [-0.2, -0.15) is 17.9 Å². The minimum Gasteiger partial charge on any atom is -0.494 e. The number of anilines is 1. The molecule has 0 saturated heterocycles. The fraction of sp³-hybridized carbons (Fsp3) is 0.222. The summed E-state index contributed by atoms with van der Waals surface area (Å²) in [5.41, 5.74) is -0.0989. The van der Waals surface area contributed by atoms with Crippen LogP contribution in [0, 0.1) is 6.92 Å². The van der Waals surface area contributed by atoms with Crippen molar-refractivity contribution in [3.63, 3.8) is 0 Å². The molecule has 0 aliphatic rings. The molecule has 0 unspecified atom stereocenters. The van der Waals surface area contributed by atoms with Gasteiger partial charge < -0.3 is 14.8 Å². The van der Waals surface area contributed by atoms with E-state index in [4.69, 9.17) is 9.47 Å². The van der Waals surface area contributed by atoms with Gasteiger partial charge in [0.25, 0.3) is 5.91 Å². The number of methoxy groups -OCH3 is 1. The van der Waals surface area contributed by atoms with Crippen LogP contribution in [-0.4, -0.2) is 39.8 Å². The zero-order valence-corrected chi connectivity index (χ0v) is 15.4.